The fraction of sp³-hybridized carbons (Fsp3) is 0.353. The summed E-state index contributed by atoms with van der Waals surface area (Å²) in [4.78, 5) is 29.2. The van der Waals surface area contributed by atoms with Crippen molar-refractivity contribution >= 4 is 28.3 Å². The highest BCUT2D eigenvalue weighted by molar-refractivity contribution is 7.18. The summed E-state index contributed by atoms with van der Waals surface area (Å²) in [6, 6.07) is 9.36. The largest absolute Gasteiger partial charge is 0.462 e. The second-order valence-corrected chi connectivity index (χ2v) is 6.27. The van der Waals surface area contributed by atoms with E-state index < -0.39 is 12.1 Å². The Morgan fingerprint density at radius 2 is 2.17 bits per heavy atom. The number of nitrogens with zero attached hydrogens (tertiary/aromatic N) is 1. The molecule has 1 aliphatic rings. The highest BCUT2D eigenvalue weighted by Gasteiger charge is 2.26. The van der Waals surface area contributed by atoms with Crippen molar-refractivity contribution in [3.8, 4) is 11.3 Å². The van der Waals surface area contributed by atoms with Gasteiger partial charge in [-0.25, -0.2) is 9.78 Å². The van der Waals surface area contributed by atoms with Gasteiger partial charge in [0.1, 0.15) is 11.0 Å². The number of ether oxygens (including phenoxy) is 2. The summed E-state index contributed by atoms with van der Waals surface area (Å²) >= 11 is 1.12. The first-order valence-corrected chi connectivity index (χ1v) is 8.66. The van der Waals surface area contributed by atoms with Gasteiger partial charge in [-0.15, -0.1) is 0 Å². The van der Waals surface area contributed by atoms with Gasteiger partial charge in [-0.3, -0.25) is 10.1 Å². The quantitative estimate of drug-likeness (QED) is 0.842. The molecule has 2 aromatic rings. The van der Waals surface area contributed by atoms with E-state index in [-0.39, 0.29) is 12.5 Å². The molecular weight excluding hydrogens is 328 g/mol. The van der Waals surface area contributed by atoms with E-state index in [4.69, 9.17) is 9.47 Å². The van der Waals surface area contributed by atoms with Gasteiger partial charge in [-0.05, 0) is 19.8 Å². The van der Waals surface area contributed by atoms with E-state index in [0.29, 0.717) is 28.7 Å². The van der Waals surface area contributed by atoms with Crippen LogP contribution in [-0.2, 0) is 14.3 Å². The SMILES string of the molecule is CCOC(=O)c1sc(NC(=O)[C@H]2CCCO2)nc1-c1ccccc1. The monoisotopic (exact) mass is 346 g/mol. The number of thiazole rings is 1. The Hall–Kier alpha value is -2.25. The molecule has 7 heteroatoms. The Labute approximate surface area is 143 Å². The zero-order chi connectivity index (χ0) is 16.9. The average Bonchev–Trinajstić information content (AvgIpc) is 3.26. The molecule has 24 heavy (non-hydrogen) atoms. The van der Waals surface area contributed by atoms with Crippen LogP contribution < -0.4 is 5.32 Å². The highest BCUT2D eigenvalue weighted by atomic mass is 32.1. The summed E-state index contributed by atoms with van der Waals surface area (Å²) in [5.74, 6) is -0.664. The van der Waals surface area contributed by atoms with Gasteiger partial charge in [0.25, 0.3) is 5.91 Å². The minimum Gasteiger partial charge on any atom is -0.462 e. The van der Waals surface area contributed by atoms with Crippen LogP contribution in [0.3, 0.4) is 0 Å². The molecular formula is C17H18N2O4S. The van der Waals surface area contributed by atoms with Crippen molar-refractivity contribution in [2.45, 2.75) is 25.9 Å². The first-order chi connectivity index (χ1) is 11.7. The van der Waals surface area contributed by atoms with Crippen molar-refractivity contribution < 1.29 is 19.1 Å². The van der Waals surface area contributed by atoms with Gasteiger partial charge in [0.2, 0.25) is 0 Å². The lowest BCUT2D eigenvalue weighted by molar-refractivity contribution is -0.124. The lowest BCUT2D eigenvalue weighted by Crippen LogP contribution is -2.26. The summed E-state index contributed by atoms with van der Waals surface area (Å²) in [5.41, 5.74) is 1.32. The number of esters is 1. The van der Waals surface area contributed by atoms with E-state index in [1.807, 2.05) is 30.3 Å². The molecule has 0 aliphatic carbocycles. The molecule has 0 radical (unpaired) electrons. The van der Waals surface area contributed by atoms with E-state index in [1.165, 1.54) is 0 Å². The van der Waals surface area contributed by atoms with E-state index in [0.717, 1.165) is 23.3 Å². The molecule has 1 saturated heterocycles. The number of nitrogens with one attached hydrogen (secondary N) is 1. The minimum absolute atomic E-state index is 0.226. The number of aromatic nitrogens is 1. The number of amides is 1. The van der Waals surface area contributed by atoms with Crippen LogP contribution in [-0.4, -0.2) is 36.2 Å². The fourth-order valence-corrected chi connectivity index (χ4v) is 3.35. The van der Waals surface area contributed by atoms with Crippen LogP contribution in [0.15, 0.2) is 30.3 Å². The van der Waals surface area contributed by atoms with E-state index in [1.54, 1.807) is 6.92 Å². The van der Waals surface area contributed by atoms with Crippen molar-refractivity contribution in [1.82, 2.24) is 4.98 Å². The first-order valence-electron chi connectivity index (χ1n) is 7.85. The molecule has 3 rings (SSSR count). The second kappa shape index (κ2) is 7.55. The number of hydrogen-bond donors (Lipinski definition) is 1. The van der Waals surface area contributed by atoms with Gasteiger partial charge < -0.3 is 9.47 Å². The van der Waals surface area contributed by atoms with Crippen molar-refractivity contribution in [1.29, 1.82) is 0 Å². The third-order valence-corrected chi connectivity index (χ3v) is 4.54. The molecule has 1 aromatic carbocycles. The van der Waals surface area contributed by atoms with Crippen molar-refractivity contribution in [2.24, 2.45) is 0 Å². The topological polar surface area (TPSA) is 77.5 Å². The number of anilines is 1. The van der Waals surface area contributed by atoms with Gasteiger partial charge in [0.05, 0.1) is 12.3 Å². The summed E-state index contributed by atoms with van der Waals surface area (Å²) in [5, 5.41) is 3.12. The number of carbonyl (C=O) groups is 2. The molecule has 0 saturated carbocycles. The molecule has 126 valence electrons. The van der Waals surface area contributed by atoms with Crippen LogP contribution in [0.1, 0.15) is 29.4 Å². The van der Waals surface area contributed by atoms with Crippen LogP contribution in [0.4, 0.5) is 5.13 Å². The zero-order valence-electron chi connectivity index (χ0n) is 13.3. The molecule has 1 fully saturated rings. The second-order valence-electron chi connectivity index (χ2n) is 5.27. The van der Waals surface area contributed by atoms with E-state index in [2.05, 4.69) is 10.3 Å². The van der Waals surface area contributed by atoms with E-state index in [9.17, 15) is 9.59 Å². The summed E-state index contributed by atoms with van der Waals surface area (Å²) in [6.45, 7) is 2.63. The maximum atomic E-state index is 12.2. The summed E-state index contributed by atoms with van der Waals surface area (Å²) < 4.78 is 10.5. The molecule has 1 amide bonds. The van der Waals surface area contributed by atoms with Crippen molar-refractivity contribution in [3.05, 3.63) is 35.2 Å². The predicted octanol–water partition coefficient (Wildman–Crippen LogP) is 3.10. The third-order valence-electron chi connectivity index (χ3n) is 3.59. The molecule has 0 spiro atoms. The Morgan fingerprint density at radius 3 is 2.83 bits per heavy atom. The average molecular weight is 346 g/mol. The number of benzene rings is 1. The van der Waals surface area contributed by atoms with E-state index >= 15 is 0 Å². The standard InChI is InChI=1S/C17H18N2O4S/c1-2-22-16(21)14-13(11-7-4-3-5-8-11)18-17(24-14)19-15(20)12-9-6-10-23-12/h3-5,7-8,12H,2,6,9-10H2,1H3,(H,18,19,20)/t12-/m1/s1. The maximum absolute atomic E-state index is 12.2. The summed E-state index contributed by atoms with van der Waals surface area (Å²) in [6.07, 6.45) is 1.13. The Balaban J connectivity index is 1.88. The molecule has 1 aromatic heterocycles. The van der Waals surface area contributed by atoms with Crippen molar-refractivity contribution in [3.63, 3.8) is 0 Å². The van der Waals surface area contributed by atoms with Gasteiger partial charge in [-0.1, -0.05) is 41.7 Å². The molecule has 1 aliphatic heterocycles. The molecule has 6 nitrogen and oxygen atoms in total. The predicted molar refractivity (Wildman–Crippen MR) is 91.1 cm³/mol. The number of rotatable bonds is 5. The number of carbonyl (C=O) groups excluding carboxylic acids is 2. The Bertz CT molecular complexity index is 723. The van der Waals surface area contributed by atoms with Crippen LogP contribution in [0.2, 0.25) is 0 Å². The van der Waals surface area contributed by atoms with Crippen LogP contribution in [0.25, 0.3) is 11.3 Å². The third kappa shape index (κ3) is 3.63. The zero-order valence-corrected chi connectivity index (χ0v) is 14.1. The van der Waals surface area contributed by atoms with Gasteiger partial charge in [0, 0.05) is 12.2 Å². The lowest BCUT2D eigenvalue weighted by Gasteiger charge is -2.07. The fourth-order valence-electron chi connectivity index (χ4n) is 2.47. The van der Waals surface area contributed by atoms with Crippen LogP contribution >= 0.6 is 11.3 Å². The van der Waals surface area contributed by atoms with Crippen LogP contribution in [0.5, 0.6) is 0 Å². The number of hydrogen-bond acceptors (Lipinski definition) is 6. The molecule has 0 bridgehead atoms. The summed E-state index contributed by atoms with van der Waals surface area (Å²) in [7, 11) is 0. The first kappa shape index (κ1) is 16.6. The Kier molecular flexibility index (Phi) is 5.22. The molecule has 1 atom stereocenters. The Morgan fingerprint density at radius 1 is 1.38 bits per heavy atom. The van der Waals surface area contributed by atoms with Gasteiger partial charge >= 0.3 is 5.97 Å². The normalized spacial score (nSPS) is 16.8. The van der Waals surface area contributed by atoms with Gasteiger partial charge in [0.15, 0.2) is 5.13 Å². The molecule has 0 unspecified atom stereocenters. The smallest absolute Gasteiger partial charge is 0.350 e. The minimum atomic E-state index is -0.444. The van der Waals surface area contributed by atoms with Gasteiger partial charge in [-0.2, -0.15) is 0 Å². The van der Waals surface area contributed by atoms with Crippen LogP contribution in [0, 0.1) is 0 Å². The van der Waals surface area contributed by atoms with Crippen molar-refractivity contribution in [2.75, 3.05) is 18.5 Å². The highest BCUT2D eigenvalue weighted by Crippen LogP contribution is 2.32. The molecule has 1 N–H and O–H groups in total. The lowest BCUT2D eigenvalue weighted by atomic mass is 10.1. The molecule has 2 heterocycles. The maximum Gasteiger partial charge on any atom is 0.350 e.